The zero-order chi connectivity index (χ0) is 15.6. The Bertz CT molecular complexity index is 490. The fourth-order valence-electron chi connectivity index (χ4n) is 2.67. The summed E-state index contributed by atoms with van der Waals surface area (Å²) >= 11 is 0. The van der Waals surface area contributed by atoms with Crippen molar-refractivity contribution < 1.29 is 14.6 Å². The number of hydrogen-bond donors (Lipinski definition) is 1. The fraction of sp³-hybridized carbons (Fsp3) is 0.588. The van der Waals surface area contributed by atoms with Gasteiger partial charge in [0.15, 0.2) is 0 Å². The lowest BCUT2D eigenvalue weighted by Gasteiger charge is -2.39. The number of benzene rings is 1. The second kappa shape index (κ2) is 6.06. The topological polar surface area (TPSA) is 49.8 Å². The molecule has 2 atom stereocenters. The Kier molecular flexibility index (Phi) is 4.57. The molecule has 1 aliphatic heterocycles. The number of carbonyl (C=O) groups excluding carboxylic acids is 1. The lowest BCUT2D eigenvalue weighted by atomic mass is 9.92. The average molecular weight is 291 g/mol. The molecule has 0 aromatic heterocycles. The standard InChI is InChI=1S/C17H25NO3/c1-12-7-9-13(10-8-12)15-14(19)6-5-11-18(15)16(20)21-17(2,3)4/h7-10,14-15,19H,5-6,11H2,1-4H3/t14-,15-/m1/s1. The zero-order valence-electron chi connectivity index (χ0n) is 13.3. The number of likely N-dealkylation sites (tertiary alicyclic amines) is 1. The third-order valence-corrected chi connectivity index (χ3v) is 3.65. The van der Waals surface area contributed by atoms with Crippen LogP contribution < -0.4 is 0 Å². The van der Waals surface area contributed by atoms with Crippen LogP contribution in [0, 0.1) is 6.92 Å². The minimum Gasteiger partial charge on any atom is -0.444 e. The van der Waals surface area contributed by atoms with Crippen LogP contribution in [0.5, 0.6) is 0 Å². The number of nitrogens with zero attached hydrogens (tertiary/aromatic N) is 1. The van der Waals surface area contributed by atoms with Gasteiger partial charge in [0.05, 0.1) is 12.1 Å². The molecule has 1 aromatic rings. The summed E-state index contributed by atoms with van der Waals surface area (Å²) in [5, 5.41) is 10.4. The molecule has 0 radical (unpaired) electrons. The smallest absolute Gasteiger partial charge is 0.410 e. The average Bonchev–Trinajstić information content (AvgIpc) is 2.38. The lowest BCUT2D eigenvalue weighted by Crippen LogP contribution is -2.47. The Morgan fingerprint density at radius 2 is 1.90 bits per heavy atom. The van der Waals surface area contributed by atoms with Gasteiger partial charge in [0.2, 0.25) is 0 Å². The molecule has 1 amide bonds. The highest BCUT2D eigenvalue weighted by molar-refractivity contribution is 5.69. The first-order chi connectivity index (χ1) is 9.78. The number of hydrogen-bond acceptors (Lipinski definition) is 3. The van der Waals surface area contributed by atoms with Gasteiger partial charge in [-0.3, -0.25) is 4.90 Å². The highest BCUT2D eigenvalue weighted by atomic mass is 16.6. The van der Waals surface area contributed by atoms with Crippen molar-refractivity contribution in [3.8, 4) is 0 Å². The molecule has 21 heavy (non-hydrogen) atoms. The molecule has 2 rings (SSSR count). The van der Waals surface area contributed by atoms with Crippen molar-refractivity contribution in [2.75, 3.05) is 6.54 Å². The van der Waals surface area contributed by atoms with Gasteiger partial charge in [-0.05, 0) is 46.1 Å². The number of amides is 1. The number of aryl methyl sites for hydroxylation is 1. The molecule has 0 aliphatic carbocycles. The molecule has 4 nitrogen and oxygen atoms in total. The second-order valence-corrected chi connectivity index (χ2v) is 6.74. The molecule has 116 valence electrons. The molecule has 4 heteroatoms. The first kappa shape index (κ1) is 15.8. The van der Waals surface area contributed by atoms with Crippen LogP contribution in [-0.2, 0) is 4.74 Å². The van der Waals surface area contributed by atoms with E-state index in [4.69, 9.17) is 4.74 Å². The highest BCUT2D eigenvalue weighted by Crippen LogP contribution is 2.32. The lowest BCUT2D eigenvalue weighted by molar-refractivity contribution is -0.0239. The third kappa shape index (κ3) is 3.97. The normalized spacial score (nSPS) is 23.0. The molecule has 1 N–H and O–H groups in total. The first-order valence-electron chi connectivity index (χ1n) is 7.52. The minimum atomic E-state index is -0.547. The van der Waals surface area contributed by atoms with E-state index in [1.807, 2.05) is 52.0 Å². The van der Waals surface area contributed by atoms with Gasteiger partial charge >= 0.3 is 6.09 Å². The van der Waals surface area contributed by atoms with Gasteiger partial charge < -0.3 is 9.84 Å². The number of ether oxygens (including phenoxy) is 1. The van der Waals surface area contributed by atoms with E-state index in [9.17, 15) is 9.90 Å². The van der Waals surface area contributed by atoms with E-state index in [0.717, 1.165) is 17.5 Å². The van der Waals surface area contributed by atoms with Crippen molar-refractivity contribution in [2.45, 2.75) is 58.3 Å². The van der Waals surface area contributed by atoms with E-state index in [1.54, 1.807) is 4.90 Å². The van der Waals surface area contributed by atoms with Crippen LogP contribution in [0.2, 0.25) is 0 Å². The summed E-state index contributed by atoms with van der Waals surface area (Å²) in [6.45, 7) is 8.20. The number of piperidine rings is 1. The van der Waals surface area contributed by atoms with Crippen molar-refractivity contribution in [3.63, 3.8) is 0 Å². The van der Waals surface area contributed by atoms with Crippen LogP contribution in [0.3, 0.4) is 0 Å². The maximum atomic E-state index is 12.4. The maximum Gasteiger partial charge on any atom is 0.410 e. The molecule has 1 heterocycles. The fourth-order valence-corrected chi connectivity index (χ4v) is 2.67. The second-order valence-electron chi connectivity index (χ2n) is 6.74. The molecule has 1 fully saturated rings. The maximum absolute atomic E-state index is 12.4. The summed E-state index contributed by atoms with van der Waals surface area (Å²) < 4.78 is 5.48. The van der Waals surface area contributed by atoms with Gasteiger partial charge in [-0.2, -0.15) is 0 Å². The molecule has 0 bridgehead atoms. The van der Waals surface area contributed by atoms with Gasteiger partial charge in [-0.1, -0.05) is 29.8 Å². The summed E-state index contributed by atoms with van der Waals surface area (Å²) in [5.74, 6) is 0. The van der Waals surface area contributed by atoms with Crippen LogP contribution >= 0.6 is 0 Å². The zero-order valence-corrected chi connectivity index (χ0v) is 13.3. The quantitative estimate of drug-likeness (QED) is 0.862. The van der Waals surface area contributed by atoms with Crippen LogP contribution in [0.15, 0.2) is 24.3 Å². The monoisotopic (exact) mass is 291 g/mol. The SMILES string of the molecule is Cc1ccc([C@@H]2[C@H](O)CCCN2C(=O)OC(C)(C)C)cc1. The minimum absolute atomic E-state index is 0.325. The Balaban J connectivity index is 2.25. The molecule has 1 aromatic carbocycles. The summed E-state index contributed by atoms with van der Waals surface area (Å²) in [5.41, 5.74) is 1.59. The Morgan fingerprint density at radius 1 is 1.29 bits per heavy atom. The van der Waals surface area contributed by atoms with Crippen LogP contribution in [0.1, 0.15) is 50.8 Å². The van der Waals surface area contributed by atoms with Crippen molar-refractivity contribution in [3.05, 3.63) is 35.4 Å². The largest absolute Gasteiger partial charge is 0.444 e. The van der Waals surface area contributed by atoms with Gasteiger partial charge in [0.1, 0.15) is 5.60 Å². The summed E-state index contributed by atoms with van der Waals surface area (Å²) in [7, 11) is 0. The van der Waals surface area contributed by atoms with Gasteiger partial charge in [0, 0.05) is 6.54 Å². The van der Waals surface area contributed by atoms with Crippen LogP contribution in [0.4, 0.5) is 4.79 Å². The Hall–Kier alpha value is -1.55. The number of aliphatic hydroxyl groups excluding tert-OH is 1. The number of rotatable bonds is 1. The summed E-state index contributed by atoms with van der Waals surface area (Å²) in [6, 6.07) is 7.64. The van der Waals surface area contributed by atoms with Crippen molar-refractivity contribution >= 4 is 6.09 Å². The van der Waals surface area contributed by atoms with Crippen LogP contribution in [-0.4, -0.2) is 34.3 Å². The Morgan fingerprint density at radius 3 is 2.48 bits per heavy atom. The molecule has 1 aliphatic rings. The Labute approximate surface area is 126 Å². The van der Waals surface area contributed by atoms with Gasteiger partial charge in [-0.25, -0.2) is 4.79 Å². The summed E-state index contributed by atoms with van der Waals surface area (Å²) in [4.78, 5) is 14.1. The predicted octanol–water partition coefficient (Wildman–Crippen LogP) is 3.43. The van der Waals surface area contributed by atoms with Gasteiger partial charge in [-0.15, -0.1) is 0 Å². The van der Waals surface area contributed by atoms with E-state index in [2.05, 4.69) is 0 Å². The molecular formula is C17H25NO3. The third-order valence-electron chi connectivity index (χ3n) is 3.65. The van der Waals surface area contributed by atoms with Crippen LogP contribution in [0.25, 0.3) is 0 Å². The number of carbonyl (C=O) groups is 1. The molecule has 0 saturated carbocycles. The van der Waals surface area contributed by atoms with Crippen molar-refractivity contribution in [2.24, 2.45) is 0 Å². The molecule has 0 spiro atoms. The summed E-state index contributed by atoms with van der Waals surface area (Å²) in [6.07, 6.45) is 0.599. The molecule has 1 saturated heterocycles. The van der Waals surface area contributed by atoms with Crippen molar-refractivity contribution in [1.29, 1.82) is 0 Å². The first-order valence-corrected chi connectivity index (χ1v) is 7.52. The van der Waals surface area contributed by atoms with E-state index in [0.29, 0.717) is 13.0 Å². The van der Waals surface area contributed by atoms with E-state index < -0.39 is 11.7 Å². The van der Waals surface area contributed by atoms with E-state index in [1.165, 1.54) is 0 Å². The van der Waals surface area contributed by atoms with E-state index >= 15 is 0 Å². The number of aliphatic hydroxyl groups is 1. The van der Waals surface area contributed by atoms with Crippen molar-refractivity contribution in [1.82, 2.24) is 4.90 Å². The predicted molar refractivity (Wildman–Crippen MR) is 82.1 cm³/mol. The highest BCUT2D eigenvalue weighted by Gasteiger charge is 2.36. The van der Waals surface area contributed by atoms with Gasteiger partial charge in [0.25, 0.3) is 0 Å². The molecule has 0 unspecified atom stereocenters. The molecular weight excluding hydrogens is 266 g/mol. The van der Waals surface area contributed by atoms with E-state index in [-0.39, 0.29) is 12.1 Å².